The van der Waals surface area contributed by atoms with Gasteiger partial charge in [-0.05, 0) is 48.9 Å². The molecule has 0 radical (unpaired) electrons. The second-order valence-electron chi connectivity index (χ2n) is 6.45. The smallest absolute Gasteiger partial charge is 0.335 e. The van der Waals surface area contributed by atoms with Crippen LogP contribution in [0.5, 0.6) is 0 Å². The molecule has 0 saturated heterocycles. The number of benzene rings is 1. The molecule has 1 heterocycles. The minimum Gasteiger partial charge on any atom is -0.478 e. The molecule has 7 heteroatoms. The fraction of sp³-hybridized carbons (Fsp3) is 0.368. The van der Waals surface area contributed by atoms with Crippen molar-refractivity contribution < 1.29 is 14.7 Å². The first-order valence-electron chi connectivity index (χ1n) is 8.72. The van der Waals surface area contributed by atoms with Gasteiger partial charge in [0.1, 0.15) is 6.54 Å². The zero-order valence-electron chi connectivity index (χ0n) is 14.4. The molecule has 0 spiro atoms. The van der Waals surface area contributed by atoms with Crippen molar-refractivity contribution in [2.45, 2.75) is 45.2 Å². The largest absolute Gasteiger partial charge is 0.478 e. The number of carboxylic acid groups (broad SMARTS) is 1. The van der Waals surface area contributed by atoms with Gasteiger partial charge in [0.25, 0.3) is 5.56 Å². The molecule has 0 atom stereocenters. The van der Waals surface area contributed by atoms with Gasteiger partial charge in [0.2, 0.25) is 5.91 Å². The standard InChI is InChI=1S/C19H21N3O4/c23-17(20-11-13-6-8-14(9-7-13)19(25)26)12-22-18(24)10-15-4-2-1-3-5-16(15)21-22/h6-10H,1-5,11-12H2,(H,20,23)(H,25,26). The number of amides is 1. The summed E-state index contributed by atoms with van der Waals surface area (Å²) in [5, 5.41) is 16.0. The first-order chi connectivity index (χ1) is 12.5. The van der Waals surface area contributed by atoms with Gasteiger partial charge in [-0.15, -0.1) is 0 Å². The molecule has 7 nitrogen and oxygen atoms in total. The summed E-state index contributed by atoms with van der Waals surface area (Å²) in [6.07, 6.45) is 4.96. The third kappa shape index (κ3) is 4.36. The number of hydrogen-bond acceptors (Lipinski definition) is 4. The number of rotatable bonds is 5. The summed E-state index contributed by atoms with van der Waals surface area (Å²) < 4.78 is 1.22. The molecule has 136 valence electrons. The number of hydrogen-bond donors (Lipinski definition) is 2. The van der Waals surface area contributed by atoms with Gasteiger partial charge in [-0.2, -0.15) is 5.10 Å². The fourth-order valence-corrected chi connectivity index (χ4v) is 3.05. The number of nitrogens with one attached hydrogen (secondary N) is 1. The summed E-state index contributed by atoms with van der Waals surface area (Å²) in [7, 11) is 0. The minimum atomic E-state index is -0.991. The maximum atomic E-state index is 12.2. The van der Waals surface area contributed by atoms with Crippen LogP contribution < -0.4 is 10.9 Å². The lowest BCUT2D eigenvalue weighted by atomic mass is 10.1. The third-order valence-corrected chi connectivity index (χ3v) is 4.51. The van der Waals surface area contributed by atoms with Crippen molar-refractivity contribution in [2.24, 2.45) is 0 Å². The predicted molar refractivity (Wildman–Crippen MR) is 95.0 cm³/mol. The van der Waals surface area contributed by atoms with Crippen molar-refractivity contribution in [1.82, 2.24) is 15.1 Å². The monoisotopic (exact) mass is 355 g/mol. The number of carbonyl (C=O) groups excluding carboxylic acids is 1. The van der Waals surface area contributed by atoms with Crippen molar-refractivity contribution in [3.63, 3.8) is 0 Å². The molecule has 3 rings (SSSR count). The van der Waals surface area contributed by atoms with Crippen LogP contribution in [0, 0.1) is 0 Å². The van der Waals surface area contributed by atoms with E-state index in [0.717, 1.165) is 48.9 Å². The van der Waals surface area contributed by atoms with E-state index in [0.29, 0.717) is 0 Å². The molecule has 0 bridgehead atoms. The van der Waals surface area contributed by atoms with E-state index in [2.05, 4.69) is 10.4 Å². The van der Waals surface area contributed by atoms with E-state index < -0.39 is 5.97 Å². The van der Waals surface area contributed by atoms with E-state index >= 15 is 0 Å². The quantitative estimate of drug-likeness (QED) is 0.792. The number of carbonyl (C=O) groups is 2. The second kappa shape index (κ2) is 7.95. The van der Waals surface area contributed by atoms with Gasteiger partial charge >= 0.3 is 5.97 Å². The summed E-state index contributed by atoms with van der Waals surface area (Å²) in [5.74, 6) is -1.30. The van der Waals surface area contributed by atoms with Gasteiger partial charge in [-0.3, -0.25) is 9.59 Å². The molecule has 1 amide bonds. The molecule has 2 N–H and O–H groups in total. The molecule has 0 fully saturated rings. The highest BCUT2D eigenvalue weighted by Crippen LogP contribution is 2.16. The highest BCUT2D eigenvalue weighted by molar-refractivity contribution is 5.87. The summed E-state index contributed by atoms with van der Waals surface area (Å²) in [6.45, 7) is 0.137. The van der Waals surface area contributed by atoms with Crippen LogP contribution >= 0.6 is 0 Å². The molecule has 2 aromatic rings. The number of nitrogens with zero attached hydrogens (tertiary/aromatic N) is 2. The Bertz CT molecular complexity index is 871. The van der Waals surface area contributed by atoms with Crippen LogP contribution in [-0.4, -0.2) is 26.8 Å². The van der Waals surface area contributed by atoms with E-state index in [1.54, 1.807) is 18.2 Å². The molecule has 1 aliphatic rings. The van der Waals surface area contributed by atoms with E-state index in [-0.39, 0.29) is 30.1 Å². The Kier molecular flexibility index (Phi) is 5.46. The van der Waals surface area contributed by atoms with Crippen molar-refractivity contribution in [3.05, 3.63) is 63.1 Å². The number of aromatic carboxylic acids is 1. The van der Waals surface area contributed by atoms with Crippen molar-refractivity contribution >= 4 is 11.9 Å². The predicted octanol–water partition coefficient (Wildman–Crippen LogP) is 1.53. The van der Waals surface area contributed by atoms with E-state index in [9.17, 15) is 14.4 Å². The number of carboxylic acids is 1. The Morgan fingerprint density at radius 1 is 1.12 bits per heavy atom. The maximum Gasteiger partial charge on any atom is 0.335 e. The van der Waals surface area contributed by atoms with Crippen LogP contribution in [0.4, 0.5) is 0 Å². The molecule has 1 aliphatic carbocycles. The highest BCUT2D eigenvalue weighted by Gasteiger charge is 2.14. The number of fused-ring (bicyclic) bond motifs is 1. The van der Waals surface area contributed by atoms with E-state index in [4.69, 9.17) is 5.11 Å². The molecular weight excluding hydrogens is 334 g/mol. The Labute approximate surface area is 150 Å². The number of aryl methyl sites for hydroxylation is 2. The van der Waals surface area contributed by atoms with E-state index in [1.807, 2.05) is 0 Å². The number of aromatic nitrogens is 2. The topological polar surface area (TPSA) is 101 Å². The fourth-order valence-electron chi connectivity index (χ4n) is 3.05. The summed E-state index contributed by atoms with van der Waals surface area (Å²) >= 11 is 0. The Hall–Kier alpha value is -2.96. The van der Waals surface area contributed by atoms with Gasteiger partial charge < -0.3 is 10.4 Å². The van der Waals surface area contributed by atoms with Crippen molar-refractivity contribution in [3.8, 4) is 0 Å². The Morgan fingerprint density at radius 3 is 2.58 bits per heavy atom. The van der Waals surface area contributed by atoms with Gasteiger partial charge in [0, 0.05) is 12.6 Å². The van der Waals surface area contributed by atoms with E-state index in [1.165, 1.54) is 16.8 Å². The van der Waals surface area contributed by atoms with Crippen LogP contribution in [0.2, 0.25) is 0 Å². The zero-order chi connectivity index (χ0) is 18.5. The normalized spacial score (nSPS) is 13.5. The Morgan fingerprint density at radius 2 is 1.85 bits per heavy atom. The Balaban J connectivity index is 1.62. The lowest BCUT2D eigenvalue weighted by Gasteiger charge is -2.10. The zero-order valence-corrected chi connectivity index (χ0v) is 14.4. The molecule has 1 aromatic carbocycles. The van der Waals surface area contributed by atoms with Gasteiger partial charge in [-0.1, -0.05) is 18.6 Å². The molecule has 0 aliphatic heterocycles. The molecule has 26 heavy (non-hydrogen) atoms. The van der Waals surface area contributed by atoms with Gasteiger partial charge in [0.05, 0.1) is 11.3 Å². The summed E-state index contributed by atoms with van der Waals surface area (Å²) in [4.78, 5) is 35.2. The van der Waals surface area contributed by atoms with Gasteiger partial charge in [-0.25, -0.2) is 9.48 Å². The minimum absolute atomic E-state index is 0.126. The molecule has 0 unspecified atom stereocenters. The lowest BCUT2D eigenvalue weighted by molar-refractivity contribution is -0.122. The molecule has 0 saturated carbocycles. The average Bonchev–Trinajstić information content (AvgIpc) is 2.85. The molecule has 1 aromatic heterocycles. The maximum absolute atomic E-state index is 12.2. The van der Waals surface area contributed by atoms with Gasteiger partial charge in [0.15, 0.2) is 0 Å². The lowest BCUT2D eigenvalue weighted by Crippen LogP contribution is -2.34. The van der Waals surface area contributed by atoms with Crippen LogP contribution in [-0.2, 0) is 30.7 Å². The van der Waals surface area contributed by atoms with Crippen molar-refractivity contribution in [2.75, 3.05) is 0 Å². The first-order valence-corrected chi connectivity index (χ1v) is 8.72. The average molecular weight is 355 g/mol. The third-order valence-electron chi connectivity index (χ3n) is 4.51. The summed E-state index contributed by atoms with van der Waals surface area (Å²) in [6, 6.07) is 7.88. The molecular formula is C19H21N3O4. The first kappa shape index (κ1) is 17.8. The highest BCUT2D eigenvalue weighted by atomic mass is 16.4. The van der Waals surface area contributed by atoms with Crippen molar-refractivity contribution in [1.29, 1.82) is 0 Å². The second-order valence-corrected chi connectivity index (χ2v) is 6.45. The SMILES string of the molecule is O=C(Cn1nc2c(cc1=O)CCCCC2)NCc1ccc(C(=O)O)cc1. The van der Waals surface area contributed by atoms with Crippen LogP contribution in [0.1, 0.15) is 46.4 Å². The van der Waals surface area contributed by atoms with Crippen LogP contribution in [0.15, 0.2) is 35.1 Å². The van der Waals surface area contributed by atoms with Crippen LogP contribution in [0.25, 0.3) is 0 Å². The summed E-state index contributed by atoms with van der Waals surface area (Å²) in [5.41, 5.74) is 2.64. The van der Waals surface area contributed by atoms with Crippen LogP contribution in [0.3, 0.4) is 0 Å².